The average molecular weight is 180 g/mol. The molecule has 0 aromatic rings. The maximum Gasteiger partial charge on any atom is -0.0358 e. The second kappa shape index (κ2) is 4.48. The minimum atomic E-state index is 1.09. The molecule has 0 aromatic heterocycles. The van der Waals surface area contributed by atoms with E-state index in [1.807, 2.05) is 0 Å². The minimum absolute atomic E-state index is 1.09. The Kier molecular flexibility index (Phi) is 3.29. The Morgan fingerprint density at radius 3 is 2.46 bits per heavy atom. The van der Waals surface area contributed by atoms with Crippen molar-refractivity contribution in [2.24, 2.45) is 17.8 Å². The Labute approximate surface area is 83.1 Å². The Morgan fingerprint density at radius 2 is 1.62 bits per heavy atom. The molecule has 0 radical (unpaired) electrons. The van der Waals surface area contributed by atoms with Gasteiger partial charge < -0.3 is 0 Å². The van der Waals surface area contributed by atoms with Crippen LogP contribution in [0.1, 0.15) is 64.7 Å². The van der Waals surface area contributed by atoms with E-state index < -0.39 is 0 Å². The van der Waals surface area contributed by atoms with Gasteiger partial charge in [0, 0.05) is 0 Å². The standard InChI is InChI=1S/C13H24/c1-2-11-7-4-3-5-8-12-9-6-10-13(11)12/h11-13H,2-10H2,1H3. The molecule has 13 heavy (non-hydrogen) atoms. The molecule has 0 bridgehead atoms. The smallest absolute Gasteiger partial charge is 0.0358 e. The van der Waals surface area contributed by atoms with Gasteiger partial charge in [0.15, 0.2) is 0 Å². The van der Waals surface area contributed by atoms with Crippen molar-refractivity contribution in [2.75, 3.05) is 0 Å². The van der Waals surface area contributed by atoms with Crippen LogP contribution >= 0.6 is 0 Å². The molecule has 2 rings (SSSR count). The van der Waals surface area contributed by atoms with Gasteiger partial charge in [-0.1, -0.05) is 58.3 Å². The van der Waals surface area contributed by atoms with Crippen LogP contribution in [0.3, 0.4) is 0 Å². The number of hydrogen-bond acceptors (Lipinski definition) is 0. The third kappa shape index (κ3) is 2.08. The molecule has 0 heteroatoms. The Morgan fingerprint density at radius 1 is 0.846 bits per heavy atom. The van der Waals surface area contributed by atoms with Crippen molar-refractivity contribution in [1.82, 2.24) is 0 Å². The lowest BCUT2D eigenvalue weighted by molar-refractivity contribution is 0.205. The molecule has 0 N–H and O–H groups in total. The average Bonchev–Trinajstić information content (AvgIpc) is 2.53. The van der Waals surface area contributed by atoms with Gasteiger partial charge in [0.1, 0.15) is 0 Å². The van der Waals surface area contributed by atoms with Crippen LogP contribution in [0.25, 0.3) is 0 Å². The second-order valence-corrected chi connectivity index (χ2v) is 5.16. The van der Waals surface area contributed by atoms with E-state index in [0.29, 0.717) is 0 Å². The lowest BCUT2D eigenvalue weighted by atomic mass is 9.75. The summed E-state index contributed by atoms with van der Waals surface area (Å²) in [5.74, 6) is 3.35. The van der Waals surface area contributed by atoms with E-state index in [2.05, 4.69) is 6.92 Å². The zero-order chi connectivity index (χ0) is 9.10. The highest BCUT2D eigenvalue weighted by molar-refractivity contribution is 4.83. The molecule has 2 aliphatic rings. The van der Waals surface area contributed by atoms with E-state index in [-0.39, 0.29) is 0 Å². The predicted octanol–water partition coefficient (Wildman–Crippen LogP) is 4.39. The van der Waals surface area contributed by atoms with Gasteiger partial charge in [-0.2, -0.15) is 0 Å². The molecule has 0 heterocycles. The van der Waals surface area contributed by atoms with E-state index in [0.717, 1.165) is 17.8 Å². The van der Waals surface area contributed by atoms with Crippen LogP contribution in [0.15, 0.2) is 0 Å². The summed E-state index contributed by atoms with van der Waals surface area (Å²) < 4.78 is 0. The highest BCUT2D eigenvalue weighted by Crippen LogP contribution is 2.44. The van der Waals surface area contributed by atoms with Gasteiger partial charge in [-0.25, -0.2) is 0 Å². The van der Waals surface area contributed by atoms with Crippen molar-refractivity contribution in [3.05, 3.63) is 0 Å². The number of rotatable bonds is 1. The molecular formula is C13H24. The van der Waals surface area contributed by atoms with Crippen LogP contribution < -0.4 is 0 Å². The van der Waals surface area contributed by atoms with Crippen LogP contribution in [0.5, 0.6) is 0 Å². The van der Waals surface area contributed by atoms with Crippen LogP contribution in [0, 0.1) is 17.8 Å². The van der Waals surface area contributed by atoms with Gasteiger partial charge >= 0.3 is 0 Å². The number of fused-ring (bicyclic) bond motifs is 1. The maximum absolute atomic E-state index is 2.40. The van der Waals surface area contributed by atoms with Crippen LogP contribution in [0.2, 0.25) is 0 Å². The third-order valence-corrected chi connectivity index (χ3v) is 4.50. The van der Waals surface area contributed by atoms with Crippen molar-refractivity contribution in [3.8, 4) is 0 Å². The quantitative estimate of drug-likeness (QED) is 0.561. The first kappa shape index (κ1) is 9.55. The maximum atomic E-state index is 2.40. The molecule has 0 spiro atoms. The van der Waals surface area contributed by atoms with Crippen LogP contribution in [0.4, 0.5) is 0 Å². The molecule has 2 saturated carbocycles. The third-order valence-electron chi connectivity index (χ3n) is 4.50. The van der Waals surface area contributed by atoms with Gasteiger partial charge in [-0.15, -0.1) is 0 Å². The highest BCUT2D eigenvalue weighted by atomic mass is 14.4. The fourth-order valence-corrected chi connectivity index (χ4v) is 3.76. The second-order valence-electron chi connectivity index (χ2n) is 5.16. The highest BCUT2D eigenvalue weighted by Gasteiger charge is 2.32. The summed E-state index contributed by atoms with van der Waals surface area (Å²) in [6.07, 6.45) is 13.7. The van der Waals surface area contributed by atoms with Gasteiger partial charge in [-0.05, 0) is 24.2 Å². The Hall–Kier alpha value is 0. The molecule has 3 unspecified atom stereocenters. The van der Waals surface area contributed by atoms with Crippen molar-refractivity contribution in [2.45, 2.75) is 64.7 Å². The molecule has 3 atom stereocenters. The van der Waals surface area contributed by atoms with Gasteiger partial charge in [0.25, 0.3) is 0 Å². The zero-order valence-electron chi connectivity index (χ0n) is 9.10. The van der Waals surface area contributed by atoms with E-state index in [9.17, 15) is 0 Å². The molecule has 76 valence electrons. The lowest BCUT2D eigenvalue weighted by Gasteiger charge is -2.30. The van der Waals surface area contributed by atoms with Crippen LogP contribution in [-0.4, -0.2) is 0 Å². The zero-order valence-corrected chi connectivity index (χ0v) is 9.10. The fourth-order valence-electron chi connectivity index (χ4n) is 3.76. The van der Waals surface area contributed by atoms with Crippen molar-refractivity contribution >= 4 is 0 Å². The summed E-state index contributed by atoms with van der Waals surface area (Å²) in [7, 11) is 0. The SMILES string of the molecule is CCC1CCCCCC2CCCC12. The monoisotopic (exact) mass is 180 g/mol. The normalized spacial score (nSPS) is 40.8. The summed E-state index contributed by atoms with van der Waals surface area (Å²) in [5.41, 5.74) is 0. The lowest BCUT2D eigenvalue weighted by Crippen LogP contribution is -2.20. The summed E-state index contributed by atoms with van der Waals surface area (Å²) in [4.78, 5) is 0. The first-order valence-electron chi connectivity index (χ1n) is 6.42. The van der Waals surface area contributed by atoms with E-state index in [1.165, 1.54) is 38.5 Å². The molecule has 0 saturated heterocycles. The molecular weight excluding hydrogens is 156 g/mol. The van der Waals surface area contributed by atoms with E-state index >= 15 is 0 Å². The molecule has 0 aliphatic heterocycles. The first-order valence-corrected chi connectivity index (χ1v) is 6.42. The summed E-state index contributed by atoms with van der Waals surface area (Å²) in [6, 6.07) is 0. The van der Waals surface area contributed by atoms with Gasteiger partial charge in [0.2, 0.25) is 0 Å². The van der Waals surface area contributed by atoms with E-state index in [4.69, 9.17) is 0 Å². The molecule has 0 nitrogen and oxygen atoms in total. The Balaban J connectivity index is 1.99. The molecule has 2 fully saturated rings. The van der Waals surface area contributed by atoms with Crippen LogP contribution in [-0.2, 0) is 0 Å². The van der Waals surface area contributed by atoms with Crippen molar-refractivity contribution < 1.29 is 0 Å². The largest absolute Gasteiger partial charge is 0.0651 e. The molecule has 2 aliphatic carbocycles. The van der Waals surface area contributed by atoms with Crippen molar-refractivity contribution in [3.63, 3.8) is 0 Å². The first-order chi connectivity index (χ1) is 6.42. The molecule has 0 aromatic carbocycles. The minimum Gasteiger partial charge on any atom is -0.0651 e. The summed E-state index contributed by atoms with van der Waals surface area (Å²) in [5, 5.41) is 0. The van der Waals surface area contributed by atoms with Crippen molar-refractivity contribution in [1.29, 1.82) is 0 Å². The predicted molar refractivity (Wildman–Crippen MR) is 57.7 cm³/mol. The van der Waals surface area contributed by atoms with E-state index in [1.54, 1.807) is 19.3 Å². The summed E-state index contributed by atoms with van der Waals surface area (Å²) in [6.45, 7) is 2.40. The van der Waals surface area contributed by atoms with Gasteiger partial charge in [-0.3, -0.25) is 0 Å². The number of hydrogen-bond donors (Lipinski definition) is 0. The Bertz CT molecular complexity index is 150. The topological polar surface area (TPSA) is 0 Å². The fraction of sp³-hybridized carbons (Fsp3) is 1.00. The molecule has 0 amide bonds. The summed E-state index contributed by atoms with van der Waals surface area (Å²) >= 11 is 0. The van der Waals surface area contributed by atoms with Gasteiger partial charge in [0.05, 0.1) is 0 Å².